The fourth-order valence-corrected chi connectivity index (χ4v) is 3.60. The SMILES string of the molecule is Cc1cc(C)cc(C(=O)NC(=NCc2c(C)nn(C)c2C)Nc2cc(C)ccc2C)c1. The molecular weight excluding hydrogens is 386 g/mol. The zero-order chi connectivity index (χ0) is 22.7. The molecule has 31 heavy (non-hydrogen) atoms. The van der Waals surface area contributed by atoms with Gasteiger partial charge in [0.2, 0.25) is 5.96 Å². The number of benzene rings is 2. The molecule has 0 aliphatic carbocycles. The number of amides is 1. The molecule has 2 N–H and O–H groups in total. The van der Waals surface area contributed by atoms with Crippen molar-refractivity contribution in [3.05, 3.63) is 81.2 Å². The van der Waals surface area contributed by atoms with Crippen LogP contribution >= 0.6 is 0 Å². The van der Waals surface area contributed by atoms with Crippen LogP contribution in [-0.4, -0.2) is 21.6 Å². The van der Waals surface area contributed by atoms with Gasteiger partial charge >= 0.3 is 0 Å². The van der Waals surface area contributed by atoms with Crippen molar-refractivity contribution in [1.29, 1.82) is 0 Å². The summed E-state index contributed by atoms with van der Waals surface area (Å²) in [4.78, 5) is 17.7. The van der Waals surface area contributed by atoms with Crippen LogP contribution in [0.15, 0.2) is 41.4 Å². The van der Waals surface area contributed by atoms with Crippen LogP contribution < -0.4 is 10.6 Å². The van der Waals surface area contributed by atoms with Crippen LogP contribution in [0.1, 0.15) is 49.6 Å². The van der Waals surface area contributed by atoms with Crippen molar-refractivity contribution in [1.82, 2.24) is 15.1 Å². The number of anilines is 1. The molecule has 6 nitrogen and oxygen atoms in total. The lowest BCUT2D eigenvalue weighted by Crippen LogP contribution is -2.36. The van der Waals surface area contributed by atoms with E-state index in [0.29, 0.717) is 18.1 Å². The van der Waals surface area contributed by atoms with Crippen molar-refractivity contribution in [3.8, 4) is 0 Å². The number of guanidine groups is 1. The summed E-state index contributed by atoms with van der Waals surface area (Å²) < 4.78 is 1.85. The Hall–Kier alpha value is -3.41. The molecule has 3 rings (SSSR count). The normalized spacial score (nSPS) is 11.5. The Morgan fingerprint density at radius 3 is 2.26 bits per heavy atom. The summed E-state index contributed by atoms with van der Waals surface area (Å²) in [6.45, 7) is 12.5. The van der Waals surface area contributed by atoms with Crippen molar-refractivity contribution >= 4 is 17.6 Å². The third kappa shape index (κ3) is 5.40. The summed E-state index contributed by atoms with van der Waals surface area (Å²) >= 11 is 0. The van der Waals surface area contributed by atoms with E-state index in [0.717, 1.165) is 44.9 Å². The number of rotatable bonds is 4. The van der Waals surface area contributed by atoms with Crippen molar-refractivity contribution in [2.24, 2.45) is 12.0 Å². The van der Waals surface area contributed by atoms with E-state index >= 15 is 0 Å². The number of aromatic nitrogens is 2. The van der Waals surface area contributed by atoms with E-state index < -0.39 is 0 Å². The van der Waals surface area contributed by atoms with Crippen molar-refractivity contribution in [2.75, 3.05) is 5.32 Å². The summed E-state index contributed by atoms with van der Waals surface area (Å²) in [6, 6.07) is 12.0. The zero-order valence-electron chi connectivity index (χ0n) is 19.4. The van der Waals surface area contributed by atoms with Gasteiger partial charge in [0, 0.05) is 29.6 Å². The van der Waals surface area contributed by atoms with Crippen LogP contribution in [0.2, 0.25) is 0 Å². The number of nitrogens with zero attached hydrogens (tertiary/aromatic N) is 3. The molecule has 162 valence electrons. The molecule has 1 amide bonds. The molecule has 0 unspecified atom stereocenters. The highest BCUT2D eigenvalue weighted by molar-refractivity contribution is 6.10. The van der Waals surface area contributed by atoms with Gasteiger partial charge in [-0.15, -0.1) is 0 Å². The summed E-state index contributed by atoms with van der Waals surface area (Å²) in [5, 5.41) is 10.8. The first kappa shape index (κ1) is 22.3. The van der Waals surface area contributed by atoms with Gasteiger partial charge in [-0.25, -0.2) is 4.99 Å². The summed E-state index contributed by atoms with van der Waals surface area (Å²) in [5.74, 6) is 0.225. The smallest absolute Gasteiger partial charge is 0.257 e. The Labute approximate surface area is 184 Å². The monoisotopic (exact) mass is 417 g/mol. The molecule has 0 atom stereocenters. The second-order valence-electron chi connectivity index (χ2n) is 8.21. The first-order chi connectivity index (χ1) is 14.6. The lowest BCUT2D eigenvalue weighted by atomic mass is 10.1. The van der Waals surface area contributed by atoms with Crippen molar-refractivity contribution in [3.63, 3.8) is 0 Å². The highest BCUT2D eigenvalue weighted by Gasteiger charge is 2.13. The molecular formula is C25H31N5O. The molecule has 3 aromatic rings. The Kier molecular flexibility index (Phi) is 6.59. The minimum absolute atomic E-state index is 0.192. The van der Waals surface area contributed by atoms with Crippen LogP contribution in [0.3, 0.4) is 0 Å². The van der Waals surface area contributed by atoms with Crippen LogP contribution in [0.25, 0.3) is 0 Å². The molecule has 0 spiro atoms. The van der Waals surface area contributed by atoms with Crippen LogP contribution in [0.5, 0.6) is 0 Å². The number of carbonyl (C=O) groups excluding carboxylic acids is 1. The fraction of sp³-hybridized carbons (Fsp3) is 0.320. The van der Waals surface area contributed by atoms with E-state index in [1.54, 1.807) is 0 Å². The van der Waals surface area contributed by atoms with Gasteiger partial charge < -0.3 is 5.32 Å². The molecule has 0 radical (unpaired) electrons. The van der Waals surface area contributed by atoms with Crippen LogP contribution in [0, 0.1) is 41.5 Å². The standard InChI is InChI=1S/C25H31N5O/c1-15-8-9-18(4)23(13-15)27-25(26-14-22-19(5)29-30(7)20(22)6)28-24(31)21-11-16(2)10-17(3)12-21/h8-13H,14H2,1-7H3,(H2,26,27,28,31). The first-order valence-corrected chi connectivity index (χ1v) is 10.4. The van der Waals surface area contributed by atoms with Crippen molar-refractivity contribution < 1.29 is 4.79 Å². The molecule has 1 aromatic heterocycles. The first-order valence-electron chi connectivity index (χ1n) is 10.4. The topological polar surface area (TPSA) is 71.3 Å². The average Bonchev–Trinajstić information content (AvgIpc) is 2.93. The molecule has 0 bridgehead atoms. The molecule has 2 aromatic carbocycles. The van der Waals surface area contributed by atoms with E-state index in [1.807, 2.05) is 77.5 Å². The molecule has 6 heteroatoms. The molecule has 0 saturated carbocycles. The van der Waals surface area contributed by atoms with E-state index in [9.17, 15) is 4.79 Å². The fourth-order valence-electron chi connectivity index (χ4n) is 3.60. The van der Waals surface area contributed by atoms with Gasteiger partial charge in [0.05, 0.1) is 12.2 Å². The number of hydrogen-bond donors (Lipinski definition) is 2. The summed E-state index contributed by atoms with van der Waals surface area (Å²) in [7, 11) is 1.92. The highest BCUT2D eigenvalue weighted by atomic mass is 16.1. The summed E-state index contributed by atoms with van der Waals surface area (Å²) in [5.41, 5.74) is 8.90. The van der Waals surface area contributed by atoms with E-state index in [-0.39, 0.29) is 5.91 Å². The molecule has 0 aliphatic heterocycles. The predicted molar refractivity (Wildman–Crippen MR) is 127 cm³/mol. The van der Waals surface area contributed by atoms with Gasteiger partial charge in [-0.1, -0.05) is 29.3 Å². The number of aliphatic imine (C=N–C) groups is 1. The lowest BCUT2D eigenvalue weighted by Gasteiger charge is -2.15. The second-order valence-corrected chi connectivity index (χ2v) is 8.21. The Bertz CT molecular complexity index is 1140. The maximum absolute atomic E-state index is 13.0. The predicted octanol–water partition coefficient (Wildman–Crippen LogP) is 4.67. The minimum atomic E-state index is -0.192. The Morgan fingerprint density at radius 2 is 1.65 bits per heavy atom. The van der Waals surface area contributed by atoms with Gasteiger partial charge in [-0.2, -0.15) is 5.10 Å². The molecule has 0 saturated heterocycles. The number of nitrogens with one attached hydrogen (secondary N) is 2. The summed E-state index contributed by atoms with van der Waals surface area (Å²) in [6.07, 6.45) is 0. The maximum atomic E-state index is 13.0. The Balaban J connectivity index is 1.92. The average molecular weight is 418 g/mol. The van der Waals surface area contributed by atoms with E-state index in [4.69, 9.17) is 4.99 Å². The number of aryl methyl sites for hydroxylation is 6. The zero-order valence-corrected chi connectivity index (χ0v) is 19.4. The van der Waals surface area contributed by atoms with Gasteiger partial charge in [0.15, 0.2) is 0 Å². The Morgan fingerprint density at radius 1 is 0.968 bits per heavy atom. The number of hydrogen-bond acceptors (Lipinski definition) is 3. The van der Waals surface area contributed by atoms with E-state index in [1.165, 1.54) is 0 Å². The third-order valence-corrected chi connectivity index (χ3v) is 5.42. The van der Waals surface area contributed by atoms with Gasteiger partial charge in [0.1, 0.15) is 0 Å². The second kappa shape index (κ2) is 9.16. The molecule has 0 fully saturated rings. The lowest BCUT2D eigenvalue weighted by molar-refractivity contribution is 0.0976. The molecule has 1 heterocycles. The van der Waals surface area contributed by atoms with Gasteiger partial charge in [-0.05, 0) is 70.9 Å². The number of carbonyl (C=O) groups is 1. The van der Waals surface area contributed by atoms with Gasteiger partial charge in [-0.3, -0.25) is 14.8 Å². The minimum Gasteiger partial charge on any atom is -0.326 e. The quantitative estimate of drug-likeness (QED) is 0.479. The van der Waals surface area contributed by atoms with E-state index in [2.05, 4.69) is 27.9 Å². The van der Waals surface area contributed by atoms with Crippen molar-refractivity contribution in [2.45, 2.75) is 48.1 Å². The largest absolute Gasteiger partial charge is 0.326 e. The van der Waals surface area contributed by atoms with Crippen LogP contribution in [0.4, 0.5) is 5.69 Å². The highest BCUT2D eigenvalue weighted by Crippen LogP contribution is 2.17. The van der Waals surface area contributed by atoms with Gasteiger partial charge in [0.25, 0.3) is 5.91 Å². The maximum Gasteiger partial charge on any atom is 0.257 e. The molecule has 0 aliphatic rings. The third-order valence-electron chi connectivity index (χ3n) is 5.42. The van der Waals surface area contributed by atoms with Crippen LogP contribution in [-0.2, 0) is 13.6 Å².